The third kappa shape index (κ3) is 7.82. The summed E-state index contributed by atoms with van der Waals surface area (Å²) in [6.07, 6.45) is 14.2. The molecule has 8 aromatic carbocycles. The van der Waals surface area contributed by atoms with Gasteiger partial charge in [-0.3, -0.25) is 0 Å². The highest BCUT2D eigenvalue weighted by atomic mass is 15.2. The summed E-state index contributed by atoms with van der Waals surface area (Å²) in [5, 5.41) is 2.60. The molecule has 0 N–H and O–H groups in total. The van der Waals surface area contributed by atoms with E-state index in [1.54, 1.807) is 0 Å². The first-order chi connectivity index (χ1) is 37.5. The zero-order chi connectivity index (χ0) is 54.2. The number of hydrogen-bond donors (Lipinski definition) is 0. The Morgan fingerprint density at radius 2 is 1.26 bits per heavy atom. The third-order valence-corrected chi connectivity index (χ3v) is 18.4. The van der Waals surface area contributed by atoms with Crippen LogP contribution in [0.3, 0.4) is 0 Å². The van der Waals surface area contributed by atoms with E-state index in [9.17, 15) is 0 Å². The van der Waals surface area contributed by atoms with Gasteiger partial charge in [0.25, 0.3) is 6.71 Å². The lowest BCUT2D eigenvalue weighted by atomic mass is 9.33. The maximum absolute atomic E-state index is 2.72. The highest BCUT2D eigenvalue weighted by Gasteiger charge is 2.46. The average Bonchev–Trinajstić information content (AvgIpc) is 3.83. The molecule has 0 bridgehead atoms. The molecule has 0 spiro atoms. The van der Waals surface area contributed by atoms with E-state index in [2.05, 4.69) is 261 Å². The van der Waals surface area contributed by atoms with E-state index in [0.717, 1.165) is 6.42 Å². The predicted molar refractivity (Wildman–Crippen MR) is 338 cm³/mol. The normalized spacial score (nSPS) is 16.0. The van der Waals surface area contributed by atoms with Crippen LogP contribution in [-0.4, -0.2) is 11.3 Å². The second kappa shape index (κ2) is 18.4. The van der Waals surface area contributed by atoms with Crippen molar-refractivity contribution >= 4 is 84.6 Å². The Labute approximate surface area is 465 Å². The lowest BCUT2D eigenvalue weighted by Gasteiger charge is -2.46. The molecule has 13 rings (SSSR count). The molecule has 3 nitrogen and oxygen atoms in total. The van der Waals surface area contributed by atoms with Gasteiger partial charge in [0.1, 0.15) is 0 Å². The van der Waals surface area contributed by atoms with E-state index < -0.39 is 0 Å². The van der Waals surface area contributed by atoms with Gasteiger partial charge < -0.3 is 14.4 Å². The van der Waals surface area contributed by atoms with Crippen LogP contribution in [0.25, 0.3) is 44.2 Å². The molecule has 4 aliphatic rings. The Kier molecular flexibility index (Phi) is 11.9. The maximum Gasteiger partial charge on any atom is 0.252 e. The van der Waals surface area contributed by atoms with Crippen LogP contribution in [-0.2, 0) is 16.2 Å². The highest BCUT2D eigenvalue weighted by Crippen LogP contribution is 2.53. The van der Waals surface area contributed by atoms with Gasteiger partial charge in [-0.15, -0.1) is 0 Å². The molecule has 3 heterocycles. The zero-order valence-electron chi connectivity index (χ0n) is 48.3. The second-order valence-corrected chi connectivity index (χ2v) is 25.9. The smallest absolute Gasteiger partial charge is 0.252 e. The number of nitrogens with zero attached hydrogens (tertiary/aromatic N) is 3. The highest BCUT2D eigenvalue weighted by molar-refractivity contribution is 7.00. The number of rotatable bonds is 7. The number of aryl methyl sites for hydroxylation is 2. The number of fused-ring (bicyclic) bond motifs is 10. The Hall–Kier alpha value is -7.30. The standard InChI is InChI=1S/C74H76BN3/c1-13-23-48(24-14-2)51-37-46(3)71(47(4)38-51)78-67-45-66-59(58-40-52(72(5,6)7)32-36-64(58)76(66)54-27-19-16-20-28-54)44-63(67)75-62-39-50(49-25-17-15-18-26-49)31-35-65(62)77(68-41-53(73(8,9)10)42-69(78)70(68)75)55-33-34-57-56-29-21-22-30-60(56)74(11,12)61(57)43-55/h13,16,19-24,27-45,49H,14-15,17-18,25-26H2,1-12H3/b23-13-,48-24+. The summed E-state index contributed by atoms with van der Waals surface area (Å²) >= 11 is 0. The molecule has 1 fully saturated rings. The van der Waals surface area contributed by atoms with Crippen LogP contribution >= 0.6 is 0 Å². The van der Waals surface area contributed by atoms with Crippen LogP contribution in [0.4, 0.5) is 34.1 Å². The molecule has 390 valence electrons. The summed E-state index contributed by atoms with van der Waals surface area (Å²) in [6, 6.07) is 57.8. The minimum absolute atomic E-state index is 0.0177. The zero-order valence-corrected chi connectivity index (χ0v) is 48.3. The molecule has 0 radical (unpaired) electrons. The lowest BCUT2D eigenvalue weighted by Crippen LogP contribution is -2.61. The van der Waals surface area contributed by atoms with Gasteiger partial charge in [-0.2, -0.15) is 0 Å². The Morgan fingerprint density at radius 3 is 1.96 bits per heavy atom. The van der Waals surface area contributed by atoms with E-state index >= 15 is 0 Å². The van der Waals surface area contributed by atoms with Gasteiger partial charge in [-0.25, -0.2) is 0 Å². The van der Waals surface area contributed by atoms with Crippen molar-refractivity contribution in [3.05, 3.63) is 208 Å². The average molecular weight is 1020 g/mol. The summed E-state index contributed by atoms with van der Waals surface area (Å²) in [7, 11) is 0. The van der Waals surface area contributed by atoms with Crippen LogP contribution in [0.2, 0.25) is 0 Å². The monoisotopic (exact) mass is 1020 g/mol. The molecule has 2 aliphatic heterocycles. The fraction of sp³-hybridized carbons (Fsp3) is 0.297. The van der Waals surface area contributed by atoms with Gasteiger partial charge in [0.05, 0.1) is 16.7 Å². The number of para-hydroxylation sites is 1. The third-order valence-electron chi connectivity index (χ3n) is 18.4. The van der Waals surface area contributed by atoms with Gasteiger partial charge >= 0.3 is 0 Å². The second-order valence-electron chi connectivity index (χ2n) is 25.9. The van der Waals surface area contributed by atoms with E-state index in [1.807, 2.05) is 0 Å². The number of aromatic nitrogens is 1. The molecule has 0 unspecified atom stereocenters. The topological polar surface area (TPSA) is 11.4 Å². The molecule has 2 aliphatic carbocycles. The number of hydrogen-bond acceptors (Lipinski definition) is 2. The summed E-state index contributed by atoms with van der Waals surface area (Å²) in [5.74, 6) is 0.556. The van der Waals surface area contributed by atoms with E-state index in [0.29, 0.717) is 5.92 Å². The van der Waals surface area contributed by atoms with Crippen LogP contribution in [0.15, 0.2) is 164 Å². The van der Waals surface area contributed by atoms with Gasteiger partial charge in [0, 0.05) is 50.3 Å². The number of benzene rings is 8. The molecule has 9 aromatic rings. The molecule has 0 amide bonds. The maximum atomic E-state index is 2.72. The van der Waals surface area contributed by atoms with E-state index in [1.165, 1.54) is 171 Å². The van der Waals surface area contributed by atoms with Gasteiger partial charge in [-0.1, -0.05) is 173 Å². The predicted octanol–water partition coefficient (Wildman–Crippen LogP) is 18.8. The van der Waals surface area contributed by atoms with Crippen molar-refractivity contribution in [2.75, 3.05) is 9.80 Å². The molecular weight excluding hydrogens is 942 g/mol. The minimum atomic E-state index is -0.153. The van der Waals surface area contributed by atoms with E-state index in [-0.39, 0.29) is 23.0 Å². The van der Waals surface area contributed by atoms with Crippen molar-refractivity contribution in [2.24, 2.45) is 0 Å². The quantitative estimate of drug-likeness (QED) is 0.116. The molecule has 1 aromatic heterocycles. The Morgan fingerprint density at radius 1 is 0.590 bits per heavy atom. The molecule has 1 saturated carbocycles. The van der Waals surface area contributed by atoms with Crippen LogP contribution < -0.4 is 26.2 Å². The number of anilines is 6. The van der Waals surface area contributed by atoms with Crippen molar-refractivity contribution in [1.29, 1.82) is 0 Å². The SMILES string of the molecule is C/C=C\C(=C/CC)c1cc(C)c(N2c3cc4c(cc3B3c5cc(C6CCCCC6)ccc5N(c5ccc6c(c5)C(C)(C)c5ccccc5-6)c5cc(C(C)(C)C)cc2c53)c2cc(C(C)(C)C)ccc2n4-c2ccccc2)c(C)c1. The number of allylic oxidation sites excluding steroid dienone is 4. The lowest BCUT2D eigenvalue weighted by molar-refractivity contribution is 0.444. The minimum Gasteiger partial charge on any atom is -0.311 e. The first-order valence-corrected chi connectivity index (χ1v) is 29.3. The molecule has 78 heavy (non-hydrogen) atoms. The molecule has 4 heteroatoms. The Bertz CT molecular complexity index is 3950. The molecule has 0 saturated heterocycles. The van der Waals surface area contributed by atoms with Crippen molar-refractivity contribution in [2.45, 2.75) is 144 Å². The summed E-state index contributed by atoms with van der Waals surface area (Å²) < 4.78 is 2.54. The van der Waals surface area contributed by atoms with Crippen LogP contribution in [0.1, 0.15) is 158 Å². The van der Waals surface area contributed by atoms with E-state index in [4.69, 9.17) is 0 Å². The molecular formula is C74H76BN3. The van der Waals surface area contributed by atoms with Crippen LogP contribution in [0.5, 0.6) is 0 Å². The van der Waals surface area contributed by atoms with Crippen LogP contribution in [0, 0.1) is 13.8 Å². The van der Waals surface area contributed by atoms with Gasteiger partial charge in [0.15, 0.2) is 0 Å². The van der Waals surface area contributed by atoms with Gasteiger partial charge in [-0.05, 0) is 207 Å². The van der Waals surface area contributed by atoms with Crippen molar-refractivity contribution < 1.29 is 0 Å². The fourth-order valence-electron chi connectivity index (χ4n) is 14.5. The first kappa shape index (κ1) is 50.2. The van der Waals surface area contributed by atoms with Crippen molar-refractivity contribution in [1.82, 2.24) is 4.57 Å². The Balaban J connectivity index is 1.17. The summed E-state index contributed by atoms with van der Waals surface area (Å²) in [6.45, 7) is 28.1. The molecule has 0 atom stereocenters. The van der Waals surface area contributed by atoms with Crippen molar-refractivity contribution in [3.8, 4) is 16.8 Å². The van der Waals surface area contributed by atoms with Gasteiger partial charge in [0.2, 0.25) is 0 Å². The summed E-state index contributed by atoms with van der Waals surface area (Å²) in [5.41, 5.74) is 29.8. The van der Waals surface area contributed by atoms with Crippen molar-refractivity contribution in [3.63, 3.8) is 0 Å². The largest absolute Gasteiger partial charge is 0.311 e. The fourth-order valence-corrected chi connectivity index (χ4v) is 14.5. The summed E-state index contributed by atoms with van der Waals surface area (Å²) in [4.78, 5) is 5.40. The first-order valence-electron chi connectivity index (χ1n) is 29.3.